The van der Waals surface area contributed by atoms with E-state index in [0.29, 0.717) is 18.3 Å². The third-order valence-corrected chi connectivity index (χ3v) is 3.37. The third kappa shape index (κ3) is 3.74. The molecular weight excluding hydrogens is 295 g/mol. The summed E-state index contributed by atoms with van der Waals surface area (Å²) in [7, 11) is 0. The summed E-state index contributed by atoms with van der Waals surface area (Å²) in [6, 6.07) is 13.7. The molecule has 0 bridgehead atoms. The maximum absolute atomic E-state index is 12.8. The molecule has 0 aliphatic rings. The number of rotatable bonds is 5. The molecule has 0 radical (unpaired) electrons. The van der Waals surface area contributed by atoms with E-state index in [9.17, 15) is 4.39 Å². The summed E-state index contributed by atoms with van der Waals surface area (Å²) in [5.74, 6) is 1.87. The molecule has 0 unspecified atom stereocenters. The lowest BCUT2D eigenvalue weighted by Gasteiger charge is -2.06. The van der Waals surface area contributed by atoms with Gasteiger partial charge in [0.15, 0.2) is 0 Å². The average Bonchev–Trinajstić information content (AvgIpc) is 3.05. The Morgan fingerprint density at radius 2 is 1.74 bits per heavy atom. The molecule has 0 saturated carbocycles. The monoisotopic (exact) mass is 312 g/mol. The topological polar surface area (TPSA) is 48.2 Å². The van der Waals surface area contributed by atoms with Crippen molar-refractivity contribution in [1.29, 1.82) is 0 Å². The zero-order valence-electron chi connectivity index (χ0n) is 13.0. The van der Waals surface area contributed by atoms with Gasteiger partial charge in [-0.2, -0.15) is 4.98 Å². The highest BCUT2D eigenvalue weighted by molar-refractivity contribution is 5.55. The molecular formula is C18H17FN2O2. The summed E-state index contributed by atoms with van der Waals surface area (Å²) in [6.45, 7) is 4.40. The highest BCUT2D eigenvalue weighted by Crippen LogP contribution is 2.22. The second-order valence-electron chi connectivity index (χ2n) is 5.55. The summed E-state index contributed by atoms with van der Waals surface area (Å²) in [6.07, 6.45) is 0. The standard InChI is InChI=1S/C18H17FN2O2/c1-12(2)18-20-17(21-23-18)14-5-9-16(10-6-14)22-11-13-3-7-15(19)8-4-13/h3-10,12H,11H2,1-2H3. The first kappa shape index (κ1) is 15.2. The van der Waals surface area contributed by atoms with E-state index in [2.05, 4.69) is 10.1 Å². The molecule has 5 heteroatoms. The van der Waals surface area contributed by atoms with Crippen LogP contribution in [0.5, 0.6) is 5.75 Å². The smallest absolute Gasteiger partial charge is 0.229 e. The van der Waals surface area contributed by atoms with Crippen molar-refractivity contribution in [2.45, 2.75) is 26.4 Å². The second kappa shape index (κ2) is 6.60. The fourth-order valence-electron chi connectivity index (χ4n) is 2.03. The van der Waals surface area contributed by atoms with Crippen molar-refractivity contribution in [1.82, 2.24) is 10.1 Å². The molecule has 0 atom stereocenters. The molecule has 1 heterocycles. The molecule has 3 aromatic rings. The molecule has 0 fully saturated rings. The molecule has 3 rings (SSSR count). The van der Waals surface area contributed by atoms with E-state index in [-0.39, 0.29) is 11.7 Å². The van der Waals surface area contributed by atoms with E-state index in [0.717, 1.165) is 16.9 Å². The molecule has 0 aliphatic heterocycles. The minimum atomic E-state index is -0.251. The summed E-state index contributed by atoms with van der Waals surface area (Å²) < 4.78 is 23.7. The number of hydrogen-bond acceptors (Lipinski definition) is 4. The van der Waals surface area contributed by atoms with Gasteiger partial charge in [-0.25, -0.2) is 4.39 Å². The molecule has 0 amide bonds. The van der Waals surface area contributed by atoms with Gasteiger partial charge in [-0.05, 0) is 42.0 Å². The van der Waals surface area contributed by atoms with Gasteiger partial charge in [0.25, 0.3) is 0 Å². The quantitative estimate of drug-likeness (QED) is 0.692. The molecule has 23 heavy (non-hydrogen) atoms. The van der Waals surface area contributed by atoms with Crippen molar-refractivity contribution in [2.75, 3.05) is 0 Å². The highest BCUT2D eigenvalue weighted by Gasteiger charge is 2.11. The Bertz CT molecular complexity index is 764. The van der Waals surface area contributed by atoms with Gasteiger partial charge in [-0.15, -0.1) is 0 Å². The van der Waals surface area contributed by atoms with Crippen LogP contribution < -0.4 is 4.74 Å². The summed E-state index contributed by atoms with van der Waals surface area (Å²) >= 11 is 0. The largest absolute Gasteiger partial charge is 0.489 e. The van der Waals surface area contributed by atoms with Crippen LogP contribution in [0.25, 0.3) is 11.4 Å². The van der Waals surface area contributed by atoms with E-state index in [1.54, 1.807) is 12.1 Å². The number of halogens is 1. The van der Waals surface area contributed by atoms with E-state index >= 15 is 0 Å². The highest BCUT2D eigenvalue weighted by atomic mass is 19.1. The zero-order valence-corrected chi connectivity index (χ0v) is 13.0. The van der Waals surface area contributed by atoms with Crippen molar-refractivity contribution in [2.24, 2.45) is 0 Å². The van der Waals surface area contributed by atoms with Gasteiger partial charge in [0, 0.05) is 11.5 Å². The van der Waals surface area contributed by atoms with Crippen molar-refractivity contribution in [3.8, 4) is 17.1 Å². The minimum Gasteiger partial charge on any atom is -0.489 e. The Kier molecular flexibility index (Phi) is 4.37. The molecule has 0 spiro atoms. The number of benzene rings is 2. The first-order valence-corrected chi connectivity index (χ1v) is 7.43. The fraction of sp³-hybridized carbons (Fsp3) is 0.222. The predicted molar refractivity (Wildman–Crippen MR) is 84.6 cm³/mol. The van der Waals surface area contributed by atoms with Crippen LogP contribution in [0.15, 0.2) is 53.1 Å². The van der Waals surface area contributed by atoms with E-state index in [1.165, 1.54) is 12.1 Å². The van der Waals surface area contributed by atoms with Gasteiger partial charge in [0.1, 0.15) is 18.2 Å². The van der Waals surface area contributed by atoms with Crippen LogP contribution in [0.2, 0.25) is 0 Å². The average molecular weight is 312 g/mol. The zero-order chi connectivity index (χ0) is 16.2. The van der Waals surface area contributed by atoms with E-state index in [1.807, 2.05) is 38.1 Å². The molecule has 118 valence electrons. The normalized spacial score (nSPS) is 11.0. The Labute approximate surface area is 133 Å². The van der Waals surface area contributed by atoms with Crippen molar-refractivity contribution >= 4 is 0 Å². The Balaban J connectivity index is 1.65. The molecule has 2 aromatic carbocycles. The Morgan fingerprint density at radius 1 is 1.04 bits per heavy atom. The SMILES string of the molecule is CC(C)c1nc(-c2ccc(OCc3ccc(F)cc3)cc2)no1. The number of ether oxygens (including phenoxy) is 1. The van der Waals surface area contributed by atoms with Gasteiger partial charge < -0.3 is 9.26 Å². The van der Waals surface area contributed by atoms with Crippen molar-refractivity contribution in [3.63, 3.8) is 0 Å². The second-order valence-corrected chi connectivity index (χ2v) is 5.55. The summed E-state index contributed by atoms with van der Waals surface area (Å²) in [4.78, 5) is 4.36. The number of aromatic nitrogens is 2. The first-order valence-electron chi connectivity index (χ1n) is 7.43. The van der Waals surface area contributed by atoms with Gasteiger partial charge in [0.2, 0.25) is 11.7 Å². The summed E-state index contributed by atoms with van der Waals surface area (Å²) in [5.41, 5.74) is 1.78. The number of hydrogen-bond donors (Lipinski definition) is 0. The van der Waals surface area contributed by atoms with Gasteiger partial charge in [0.05, 0.1) is 0 Å². The van der Waals surface area contributed by atoms with Crippen molar-refractivity contribution in [3.05, 3.63) is 65.8 Å². The van der Waals surface area contributed by atoms with Crippen LogP contribution in [0, 0.1) is 5.82 Å². The van der Waals surface area contributed by atoms with Gasteiger partial charge in [-0.3, -0.25) is 0 Å². The molecule has 4 nitrogen and oxygen atoms in total. The summed E-state index contributed by atoms with van der Waals surface area (Å²) in [5, 5.41) is 3.98. The molecule has 0 aliphatic carbocycles. The van der Waals surface area contributed by atoms with E-state index < -0.39 is 0 Å². The van der Waals surface area contributed by atoms with Crippen LogP contribution in [0.1, 0.15) is 31.2 Å². The van der Waals surface area contributed by atoms with Gasteiger partial charge >= 0.3 is 0 Å². The van der Waals surface area contributed by atoms with Crippen LogP contribution in [0.4, 0.5) is 4.39 Å². The Hall–Kier alpha value is -2.69. The van der Waals surface area contributed by atoms with Crippen LogP contribution in [-0.4, -0.2) is 10.1 Å². The lowest BCUT2D eigenvalue weighted by Crippen LogP contribution is -1.95. The maximum atomic E-state index is 12.8. The number of nitrogens with zero attached hydrogens (tertiary/aromatic N) is 2. The maximum Gasteiger partial charge on any atom is 0.229 e. The fourth-order valence-corrected chi connectivity index (χ4v) is 2.03. The first-order chi connectivity index (χ1) is 11.1. The minimum absolute atomic E-state index is 0.203. The van der Waals surface area contributed by atoms with Crippen LogP contribution in [-0.2, 0) is 6.61 Å². The van der Waals surface area contributed by atoms with E-state index in [4.69, 9.17) is 9.26 Å². The predicted octanol–water partition coefficient (Wildman–Crippen LogP) is 4.58. The molecule has 0 N–H and O–H groups in total. The lowest BCUT2D eigenvalue weighted by molar-refractivity contribution is 0.306. The van der Waals surface area contributed by atoms with Gasteiger partial charge in [-0.1, -0.05) is 31.1 Å². The van der Waals surface area contributed by atoms with Crippen molar-refractivity contribution < 1.29 is 13.7 Å². The third-order valence-electron chi connectivity index (χ3n) is 3.37. The lowest BCUT2D eigenvalue weighted by atomic mass is 10.2. The van der Waals surface area contributed by atoms with Crippen LogP contribution >= 0.6 is 0 Å². The Morgan fingerprint density at radius 3 is 2.35 bits per heavy atom. The van der Waals surface area contributed by atoms with Crippen LogP contribution in [0.3, 0.4) is 0 Å². The molecule has 0 saturated heterocycles. The molecule has 1 aromatic heterocycles.